The number of nitro groups is 1. The number of nitrogens with zero attached hydrogens (tertiary/aromatic N) is 5. The van der Waals surface area contributed by atoms with Crippen LogP contribution in [0.1, 0.15) is 0 Å². The Labute approximate surface area is 170 Å². The summed E-state index contributed by atoms with van der Waals surface area (Å²) < 4.78 is 8.54. The largest absolute Gasteiger partial charge is 0.496 e. The minimum atomic E-state index is -0.645. The Bertz CT molecular complexity index is 1270. The van der Waals surface area contributed by atoms with Gasteiger partial charge in [-0.15, -0.1) is 0 Å². The van der Waals surface area contributed by atoms with E-state index in [2.05, 4.69) is 26.2 Å². The van der Waals surface area contributed by atoms with Gasteiger partial charge in [-0.2, -0.15) is 0 Å². The van der Waals surface area contributed by atoms with Crippen LogP contribution in [0, 0.1) is 10.1 Å². The van der Waals surface area contributed by atoms with Gasteiger partial charge in [-0.1, -0.05) is 0 Å². The number of nitrogens with one attached hydrogen (secondary N) is 1. The van der Waals surface area contributed by atoms with E-state index in [1.54, 1.807) is 0 Å². The van der Waals surface area contributed by atoms with Crippen LogP contribution in [0.4, 0.5) is 11.4 Å². The van der Waals surface area contributed by atoms with Gasteiger partial charge < -0.3 is 10.1 Å². The van der Waals surface area contributed by atoms with Gasteiger partial charge >= 0.3 is 5.69 Å². The summed E-state index contributed by atoms with van der Waals surface area (Å²) in [6.07, 6.45) is 0. The number of rotatable bonds is 5. The molecule has 29 heavy (non-hydrogen) atoms. The molecule has 3 rings (SSSR count). The lowest BCUT2D eigenvalue weighted by molar-refractivity contribution is -0.384. The zero-order valence-electron chi connectivity index (χ0n) is 15.5. The predicted octanol–water partition coefficient (Wildman–Crippen LogP) is 0.752. The van der Waals surface area contributed by atoms with E-state index in [-0.39, 0.29) is 39.6 Å². The Kier molecular flexibility index (Phi) is 5.24. The first-order chi connectivity index (χ1) is 13.6. The maximum Gasteiger partial charge on any atom is 0.332 e. The first-order valence-electron chi connectivity index (χ1n) is 8.09. The first-order valence-corrected chi connectivity index (χ1v) is 8.89. The smallest absolute Gasteiger partial charge is 0.332 e. The molecular formula is C16H15BrN6O6. The lowest BCUT2D eigenvalue weighted by Crippen LogP contribution is -2.37. The molecule has 0 radical (unpaired) electrons. The minimum absolute atomic E-state index is 0.00435. The van der Waals surface area contributed by atoms with Gasteiger partial charge in [0.25, 0.3) is 11.2 Å². The molecule has 0 aliphatic carbocycles. The number of imidazole rings is 1. The van der Waals surface area contributed by atoms with Crippen molar-refractivity contribution in [2.75, 3.05) is 12.4 Å². The minimum Gasteiger partial charge on any atom is -0.496 e. The molecule has 1 aromatic carbocycles. The number of nitro benzene ring substituents is 1. The Morgan fingerprint density at radius 3 is 2.62 bits per heavy atom. The molecule has 13 heteroatoms. The molecule has 0 fully saturated rings. The zero-order chi connectivity index (χ0) is 21.5. The number of hydrogen-bond donors (Lipinski definition) is 1. The molecule has 152 valence electrons. The zero-order valence-corrected chi connectivity index (χ0v) is 17.1. The third-order valence-corrected chi connectivity index (χ3v) is 4.88. The predicted molar refractivity (Wildman–Crippen MR) is 106 cm³/mol. The normalized spacial score (nSPS) is 10.9. The molecular weight excluding hydrogens is 452 g/mol. The summed E-state index contributed by atoms with van der Waals surface area (Å²) in [5.41, 5.74) is -1.40. The van der Waals surface area contributed by atoms with E-state index in [1.165, 1.54) is 48.5 Å². The van der Waals surface area contributed by atoms with Crippen molar-refractivity contribution in [3.05, 3.63) is 53.9 Å². The highest BCUT2D eigenvalue weighted by Gasteiger charge is 2.21. The summed E-state index contributed by atoms with van der Waals surface area (Å²) in [5.74, 6) is -0.352. The molecule has 0 atom stereocenters. The molecule has 3 aromatic rings. The average molecular weight is 467 g/mol. The Balaban J connectivity index is 2.00. The highest BCUT2D eigenvalue weighted by molar-refractivity contribution is 9.10. The van der Waals surface area contributed by atoms with Crippen LogP contribution >= 0.6 is 15.9 Å². The summed E-state index contributed by atoms with van der Waals surface area (Å²) in [7, 11) is 4.14. The third kappa shape index (κ3) is 3.51. The quantitative estimate of drug-likeness (QED) is 0.331. The SMILES string of the molecule is COc1ccc(NC(=O)Cn2c(Br)nc3c(=O)n(C)c(=O)n(C)c32)c([N+](=O)[O-])c1. The number of methoxy groups -OCH3 is 1. The number of amides is 1. The number of anilines is 1. The topological polar surface area (TPSA) is 143 Å². The van der Waals surface area contributed by atoms with Crippen LogP contribution in [-0.2, 0) is 25.4 Å². The number of hydrogen-bond acceptors (Lipinski definition) is 7. The second-order valence-electron chi connectivity index (χ2n) is 6.03. The maximum atomic E-state index is 12.5. The molecule has 0 bridgehead atoms. The number of halogens is 1. The second kappa shape index (κ2) is 7.50. The van der Waals surface area contributed by atoms with Gasteiger partial charge in [0.2, 0.25) is 5.91 Å². The van der Waals surface area contributed by atoms with E-state index < -0.39 is 22.1 Å². The van der Waals surface area contributed by atoms with Crippen LogP contribution < -0.4 is 21.3 Å². The van der Waals surface area contributed by atoms with Gasteiger partial charge in [0.15, 0.2) is 15.9 Å². The molecule has 12 nitrogen and oxygen atoms in total. The van der Waals surface area contributed by atoms with E-state index >= 15 is 0 Å². The number of ether oxygens (including phenoxy) is 1. The van der Waals surface area contributed by atoms with Crippen molar-refractivity contribution in [2.24, 2.45) is 14.1 Å². The van der Waals surface area contributed by atoms with Crippen LogP contribution in [0.15, 0.2) is 32.5 Å². The monoisotopic (exact) mass is 466 g/mol. The molecule has 1 amide bonds. The van der Waals surface area contributed by atoms with Gasteiger partial charge in [-0.25, -0.2) is 9.78 Å². The van der Waals surface area contributed by atoms with Crippen LogP contribution in [0.2, 0.25) is 0 Å². The maximum absolute atomic E-state index is 12.5. The third-order valence-electron chi connectivity index (χ3n) is 4.27. The molecule has 0 unspecified atom stereocenters. The summed E-state index contributed by atoms with van der Waals surface area (Å²) in [4.78, 5) is 51.8. The van der Waals surface area contributed by atoms with Crippen LogP contribution in [-0.4, -0.2) is 36.6 Å². The van der Waals surface area contributed by atoms with Gasteiger partial charge in [0.05, 0.1) is 18.1 Å². The average Bonchev–Trinajstić information content (AvgIpc) is 3.01. The fraction of sp³-hybridized carbons (Fsp3) is 0.250. The highest BCUT2D eigenvalue weighted by atomic mass is 79.9. The van der Waals surface area contributed by atoms with Crippen molar-refractivity contribution >= 4 is 44.4 Å². The highest BCUT2D eigenvalue weighted by Crippen LogP contribution is 2.29. The van der Waals surface area contributed by atoms with Crippen molar-refractivity contribution in [2.45, 2.75) is 6.54 Å². The van der Waals surface area contributed by atoms with Gasteiger partial charge in [-0.05, 0) is 28.1 Å². The lowest BCUT2D eigenvalue weighted by Gasteiger charge is -2.11. The van der Waals surface area contributed by atoms with E-state index in [0.29, 0.717) is 0 Å². The van der Waals surface area contributed by atoms with E-state index in [4.69, 9.17) is 4.74 Å². The van der Waals surface area contributed by atoms with Crippen molar-refractivity contribution in [1.82, 2.24) is 18.7 Å². The Morgan fingerprint density at radius 2 is 2.00 bits per heavy atom. The molecule has 2 heterocycles. The Hall–Kier alpha value is -3.48. The molecule has 0 aliphatic rings. The molecule has 0 saturated heterocycles. The fourth-order valence-electron chi connectivity index (χ4n) is 2.83. The van der Waals surface area contributed by atoms with Crippen molar-refractivity contribution in [1.29, 1.82) is 0 Å². The molecule has 0 aliphatic heterocycles. The fourth-order valence-corrected chi connectivity index (χ4v) is 3.30. The van der Waals surface area contributed by atoms with Crippen molar-refractivity contribution < 1.29 is 14.5 Å². The van der Waals surface area contributed by atoms with Crippen molar-refractivity contribution in [3.63, 3.8) is 0 Å². The summed E-state index contributed by atoms with van der Waals surface area (Å²) in [6, 6.07) is 4.01. The number of carbonyl (C=O) groups excluding carboxylic acids is 1. The standard InChI is InChI=1S/C16H15BrN6O6/c1-20-13-12(14(25)21(2)16(20)26)19-15(17)22(13)7-11(24)18-9-5-4-8(29-3)6-10(9)23(27)28/h4-6H,7H2,1-3H3,(H,18,24). The molecule has 0 saturated carbocycles. The van der Waals surface area contributed by atoms with E-state index in [0.717, 1.165) is 4.57 Å². The summed E-state index contributed by atoms with van der Waals surface area (Å²) >= 11 is 3.18. The number of fused-ring (bicyclic) bond motifs is 1. The van der Waals surface area contributed by atoms with Crippen molar-refractivity contribution in [3.8, 4) is 5.75 Å². The van der Waals surface area contributed by atoms with Crippen LogP contribution in [0.25, 0.3) is 11.2 Å². The van der Waals surface area contributed by atoms with Gasteiger partial charge in [0.1, 0.15) is 18.0 Å². The number of aryl methyl sites for hydroxylation is 1. The number of carbonyl (C=O) groups is 1. The summed E-state index contributed by atoms with van der Waals surface area (Å²) in [6.45, 7) is -0.347. The molecule has 2 aromatic heterocycles. The lowest BCUT2D eigenvalue weighted by atomic mass is 10.2. The molecule has 1 N–H and O–H groups in total. The summed E-state index contributed by atoms with van der Waals surface area (Å²) in [5, 5.41) is 13.7. The second-order valence-corrected chi connectivity index (χ2v) is 6.74. The van der Waals surface area contributed by atoms with Crippen LogP contribution in [0.3, 0.4) is 0 Å². The number of aromatic nitrogens is 4. The van der Waals surface area contributed by atoms with E-state index in [9.17, 15) is 24.5 Å². The first kappa shape index (κ1) is 20.3. The van der Waals surface area contributed by atoms with Gasteiger partial charge in [-0.3, -0.25) is 33.4 Å². The van der Waals surface area contributed by atoms with Crippen LogP contribution in [0.5, 0.6) is 5.75 Å². The Morgan fingerprint density at radius 1 is 1.31 bits per heavy atom. The molecule has 0 spiro atoms. The number of benzene rings is 1. The van der Waals surface area contributed by atoms with E-state index in [1.807, 2.05) is 0 Å². The van der Waals surface area contributed by atoms with Gasteiger partial charge in [0, 0.05) is 14.1 Å².